The van der Waals surface area contributed by atoms with Crippen molar-refractivity contribution in [1.29, 1.82) is 0 Å². The van der Waals surface area contributed by atoms with Gasteiger partial charge in [-0.3, -0.25) is 37.3 Å². The Bertz CT molecular complexity index is 1720. The molecule has 0 aromatic heterocycles. The van der Waals surface area contributed by atoms with Crippen molar-refractivity contribution in [3.63, 3.8) is 0 Å². The maximum atomic E-state index is 13.0. The Morgan fingerprint density at radius 3 is 0.798 bits per heavy atom. The molecule has 19 heteroatoms. The monoisotopic (exact) mass is 1310 g/mol. The van der Waals surface area contributed by atoms with Crippen molar-refractivity contribution in [2.24, 2.45) is 5.92 Å². The fourth-order valence-corrected chi connectivity index (χ4v) is 12.2. The van der Waals surface area contributed by atoms with Gasteiger partial charge in [-0.15, -0.1) is 0 Å². The normalized spacial score (nSPS) is 14.4. The lowest BCUT2D eigenvalue weighted by Gasteiger charge is -2.21. The SMILES string of the molecule is CCCCCCCCCCCCC(=O)OC[C@H](COP(=O)(O)OC[C@@H](O)COP(=O)(O)OC[C@@H](COC(=O)CCCCCCCCC)OC(=O)CCCCCCCCCCCC)OC(=O)CCCCCCCCCCCCCCCCCCCCC(C)CC. The third-order valence-electron chi connectivity index (χ3n) is 16.6. The van der Waals surface area contributed by atoms with E-state index in [0.29, 0.717) is 25.7 Å². The highest BCUT2D eigenvalue weighted by atomic mass is 31.2. The number of ether oxygens (including phenoxy) is 4. The van der Waals surface area contributed by atoms with Gasteiger partial charge in [0.05, 0.1) is 26.4 Å². The minimum Gasteiger partial charge on any atom is -0.462 e. The van der Waals surface area contributed by atoms with Crippen molar-refractivity contribution >= 4 is 39.5 Å². The molecule has 0 amide bonds. The molecule has 0 aromatic carbocycles. The number of phosphoric acid groups is 2. The summed E-state index contributed by atoms with van der Waals surface area (Å²) in [6, 6.07) is 0. The van der Waals surface area contributed by atoms with Crippen molar-refractivity contribution in [2.75, 3.05) is 39.6 Å². The third kappa shape index (κ3) is 63.2. The van der Waals surface area contributed by atoms with E-state index in [1.165, 1.54) is 173 Å². The lowest BCUT2D eigenvalue weighted by Crippen LogP contribution is -2.30. The first-order valence-corrected chi connectivity index (χ1v) is 39.7. The molecule has 89 heavy (non-hydrogen) atoms. The summed E-state index contributed by atoms with van der Waals surface area (Å²) in [7, 11) is -9.89. The third-order valence-corrected chi connectivity index (χ3v) is 18.5. The molecule has 0 rings (SSSR count). The van der Waals surface area contributed by atoms with Gasteiger partial charge in [-0.2, -0.15) is 0 Å². The summed E-state index contributed by atoms with van der Waals surface area (Å²) in [4.78, 5) is 72.3. The summed E-state index contributed by atoms with van der Waals surface area (Å²) in [6.07, 6.45) is 50.1. The van der Waals surface area contributed by atoms with Crippen molar-refractivity contribution in [1.82, 2.24) is 0 Å². The fourth-order valence-electron chi connectivity index (χ4n) is 10.6. The van der Waals surface area contributed by atoms with E-state index in [4.69, 9.17) is 37.0 Å². The zero-order valence-electron chi connectivity index (χ0n) is 57.6. The lowest BCUT2D eigenvalue weighted by molar-refractivity contribution is -0.161. The molecule has 0 spiro atoms. The Kier molecular flexibility index (Phi) is 62.1. The first-order valence-electron chi connectivity index (χ1n) is 36.7. The minimum atomic E-state index is -4.95. The lowest BCUT2D eigenvalue weighted by atomic mass is 9.99. The molecule has 0 aliphatic carbocycles. The van der Waals surface area contributed by atoms with Crippen LogP contribution in [0.5, 0.6) is 0 Å². The van der Waals surface area contributed by atoms with Crippen molar-refractivity contribution in [3.8, 4) is 0 Å². The standard InChI is InChI=1S/C70H136O17P2/c1-6-10-13-16-19-21-34-39-44-49-54-68(73)81-60-66(87-70(75)56-51-46-41-36-32-30-28-26-24-23-25-27-29-31-33-38-42-47-52-63(5)9-4)62-85-89(78,79)83-58-64(71)57-82-88(76,77)84-61-65(59-80-67(72)53-48-43-37-18-15-12-8-3)86-69(74)55-50-45-40-35-22-20-17-14-11-7-2/h63-66,71H,6-62H2,1-5H3,(H,76,77)(H,78,79)/t63?,64-,65+,66+/m0/s1. The highest BCUT2D eigenvalue weighted by Crippen LogP contribution is 2.45. The van der Waals surface area contributed by atoms with Crippen LogP contribution in [0.15, 0.2) is 0 Å². The smallest absolute Gasteiger partial charge is 0.462 e. The summed E-state index contributed by atoms with van der Waals surface area (Å²) < 4.78 is 68.1. The summed E-state index contributed by atoms with van der Waals surface area (Å²) in [5.41, 5.74) is 0. The maximum Gasteiger partial charge on any atom is 0.472 e. The van der Waals surface area contributed by atoms with E-state index in [-0.39, 0.29) is 25.7 Å². The van der Waals surface area contributed by atoms with Gasteiger partial charge >= 0.3 is 39.5 Å². The molecule has 0 saturated carbocycles. The Hall–Kier alpha value is -1.94. The summed E-state index contributed by atoms with van der Waals surface area (Å²) in [5, 5.41) is 10.6. The predicted molar refractivity (Wildman–Crippen MR) is 358 cm³/mol. The number of carbonyl (C=O) groups excluding carboxylic acids is 4. The molecule has 3 unspecified atom stereocenters. The van der Waals surface area contributed by atoms with Crippen LogP contribution in [-0.2, 0) is 65.4 Å². The van der Waals surface area contributed by atoms with Crippen LogP contribution in [0.3, 0.4) is 0 Å². The van der Waals surface area contributed by atoms with E-state index in [2.05, 4.69) is 34.6 Å². The molecule has 0 saturated heterocycles. The number of aliphatic hydroxyl groups is 1. The first-order chi connectivity index (χ1) is 43.1. The van der Waals surface area contributed by atoms with Crippen molar-refractivity contribution in [3.05, 3.63) is 0 Å². The first kappa shape index (κ1) is 87.1. The van der Waals surface area contributed by atoms with Gasteiger partial charge in [-0.05, 0) is 31.6 Å². The molecule has 6 atom stereocenters. The van der Waals surface area contributed by atoms with Gasteiger partial charge in [0.2, 0.25) is 0 Å². The van der Waals surface area contributed by atoms with Gasteiger partial charge in [0.15, 0.2) is 12.2 Å². The van der Waals surface area contributed by atoms with E-state index >= 15 is 0 Å². The average Bonchev–Trinajstić information content (AvgIpc) is 3.73. The van der Waals surface area contributed by atoms with E-state index < -0.39 is 97.5 Å². The number of rotatable bonds is 70. The number of aliphatic hydroxyl groups excluding tert-OH is 1. The van der Waals surface area contributed by atoms with Crippen molar-refractivity contribution in [2.45, 2.75) is 380 Å². The van der Waals surface area contributed by atoms with Crippen LogP contribution in [0.2, 0.25) is 0 Å². The number of hydrogen-bond donors (Lipinski definition) is 3. The Balaban J connectivity index is 5.09. The number of unbranched alkanes of at least 4 members (excludes halogenated alkanes) is 41. The minimum absolute atomic E-state index is 0.106. The Morgan fingerprint density at radius 1 is 0.315 bits per heavy atom. The predicted octanol–water partition coefficient (Wildman–Crippen LogP) is 20.1. The second kappa shape index (κ2) is 63.5. The molecular weight excluding hydrogens is 1170 g/mol. The average molecular weight is 1310 g/mol. The van der Waals surface area contributed by atoms with Crippen LogP contribution < -0.4 is 0 Å². The van der Waals surface area contributed by atoms with Gasteiger partial charge in [0, 0.05) is 25.7 Å². The Labute approximate surface area is 543 Å². The van der Waals surface area contributed by atoms with E-state index in [9.17, 15) is 43.2 Å². The second-order valence-corrected chi connectivity index (χ2v) is 28.4. The molecule has 0 fully saturated rings. The van der Waals surface area contributed by atoms with Crippen LogP contribution in [0, 0.1) is 5.92 Å². The number of phosphoric ester groups is 2. The van der Waals surface area contributed by atoms with E-state index in [1.54, 1.807) is 0 Å². The maximum absolute atomic E-state index is 13.0. The van der Waals surface area contributed by atoms with Crippen molar-refractivity contribution < 1.29 is 80.2 Å². The zero-order chi connectivity index (χ0) is 65.6. The van der Waals surface area contributed by atoms with Crippen LogP contribution in [-0.4, -0.2) is 96.7 Å². The van der Waals surface area contributed by atoms with Gasteiger partial charge in [-0.25, -0.2) is 9.13 Å². The molecule has 3 N–H and O–H groups in total. The highest BCUT2D eigenvalue weighted by molar-refractivity contribution is 7.47. The van der Waals surface area contributed by atoms with E-state index in [0.717, 1.165) is 109 Å². The topological polar surface area (TPSA) is 237 Å². The zero-order valence-corrected chi connectivity index (χ0v) is 59.4. The van der Waals surface area contributed by atoms with Gasteiger partial charge in [0.25, 0.3) is 0 Å². The van der Waals surface area contributed by atoms with Crippen LogP contribution in [0.4, 0.5) is 0 Å². The summed E-state index contributed by atoms with van der Waals surface area (Å²) in [5.74, 6) is -1.26. The van der Waals surface area contributed by atoms with Gasteiger partial charge < -0.3 is 33.8 Å². The largest absolute Gasteiger partial charge is 0.472 e. The van der Waals surface area contributed by atoms with Crippen LogP contribution in [0.1, 0.15) is 362 Å². The molecule has 0 heterocycles. The number of hydrogen-bond acceptors (Lipinski definition) is 15. The number of esters is 4. The van der Waals surface area contributed by atoms with E-state index in [1.807, 2.05) is 0 Å². The molecule has 17 nitrogen and oxygen atoms in total. The highest BCUT2D eigenvalue weighted by Gasteiger charge is 2.30. The molecule has 0 aliphatic rings. The fraction of sp³-hybridized carbons (Fsp3) is 0.943. The van der Waals surface area contributed by atoms with Gasteiger partial charge in [-0.1, -0.05) is 311 Å². The Morgan fingerprint density at radius 2 is 0.539 bits per heavy atom. The number of carbonyl (C=O) groups is 4. The molecular formula is C70H136O17P2. The molecule has 528 valence electrons. The quantitative estimate of drug-likeness (QED) is 0.0222. The summed E-state index contributed by atoms with van der Waals surface area (Å²) in [6.45, 7) is 7.25. The second-order valence-electron chi connectivity index (χ2n) is 25.5. The summed E-state index contributed by atoms with van der Waals surface area (Å²) >= 11 is 0. The molecule has 0 aliphatic heterocycles. The molecule has 0 radical (unpaired) electrons. The van der Waals surface area contributed by atoms with Gasteiger partial charge in [0.1, 0.15) is 19.3 Å². The van der Waals surface area contributed by atoms with Crippen LogP contribution in [0.25, 0.3) is 0 Å². The van der Waals surface area contributed by atoms with Crippen LogP contribution >= 0.6 is 15.6 Å². The molecule has 0 bridgehead atoms. The molecule has 0 aromatic rings.